The summed E-state index contributed by atoms with van der Waals surface area (Å²) in [4.78, 5) is 6.86. The van der Waals surface area contributed by atoms with Gasteiger partial charge in [0, 0.05) is 18.8 Å². The lowest BCUT2D eigenvalue weighted by Crippen LogP contribution is -2.34. The second kappa shape index (κ2) is 7.48. The molecule has 0 bridgehead atoms. The molecule has 112 valence electrons. The van der Waals surface area contributed by atoms with Crippen molar-refractivity contribution in [3.63, 3.8) is 0 Å². The molecule has 1 aliphatic rings. The summed E-state index contributed by atoms with van der Waals surface area (Å²) in [6.45, 7) is 4.08. The van der Waals surface area contributed by atoms with E-state index >= 15 is 0 Å². The SMILES string of the molecule is Cc1cnc(NCCCN(C)C2CCCCC2)c(N)c1. The third kappa shape index (κ3) is 4.37. The van der Waals surface area contributed by atoms with E-state index in [0.29, 0.717) is 0 Å². The fraction of sp³-hybridized carbons (Fsp3) is 0.688. The first kappa shape index (κ1) is 15.1. The minimum atomic E-state index is 0.741. The number of rotatable bonds is 6. The predicted octanol–water partition coefficient (Wildman–Crippen LogP) is 3.04. The number of aryl methyl sites for hydroxylation is 1. The van der Waals surface area contributed by atoms with Gasteiger partial charge in [0.05, 0.1) is 5.69 Å². The van der Waals surface area contributed by atoms with Crippen LogP contribution < -0.4 is 11.1 Å². The molecule has 0 aliphatic heterocycles. The Morgan fingerprint density at radius 2 is 2.10 bits per heavy atom. The number of anilines is 2. The van der Waals surface area contributed by atoms with Crippen LogP contribution in [0.4, 0.5) is 11.5 Å². The standard InChI is InChI=1S/C16H28N4/c1-13-11-15(17)16(19-12-13)18-9-6-10-20(2)14-7-4-3-5-8-14/h11-12,14H,3-10,17H2,1-2H3,(H,18,19). The van der Waals surface area contributed by atoms with Gasteiger partial charge in [-0.05, 0) is 51.4 Å². The fourth-order valence-corrected chi connectivity index (χ4v) is 2.98. The zero-order valence-electron chi connectivity index (χ0n) is 12.9. The monoisotopic (exact) mass is 276 g/mol. The molecule has 0 amide bonds. The van der Waals surface area contributed by atoms with Gasteiger partial charge in [0.25, 0.3) is 0 Å². The summed E-state index contributed by atoms with van der Waals surface area (Å²) in [5.41, 5.74) is 7.79. The molecule has 0 aromatic carbocycles. The van der Waals surface area contributed by atoms with E-state index in [0.717, 1.165) is 42.6 Å². The van der Waals surface area contributed by atoms with E-state index in [1.54, 1.807) is 0 Å². The molecule has 4 nitrogen and oxygen atoms in total. The van der Waals surface area contributed by atoms with E-state index in [9.17, 15) is 0 Å². The maximum absolute atomic E-state index is 5.94. The summed E-state index contributed by atoms with van der Waals surface area (Å²) in [5, 5.41) is 3.34. The Kier molecular flexibility index (Phi) is 5.65. The first-order valence-electron chi connectivity index (χ1n) is 7.83. The Morgan fingerprint density at radius 1 is 1.35 bits per heavy atom. The van der Waals surface area contributed by atoms with Gasteiger partial charge in [0.1, 0.15) is 5.82 Å². The molecule has 20 heavy (non-hydrogen) atoms. The van der Waals surface area contributed by atoms with E-state index in [-0.39, 0.29) is 0 Å². The van der Waals surface area contributed by atoms with E-state index in [2.05, 4.69) is 22.2 Å². The van der Waals surface area contributed by atoms with Crippen molar-refractivity contribution in [1.29, 1.82) is 0 Å². The highest BCUT2D eigenvalue weighted by Crippen LogP contribution is 2.21. The summed E-state index contributed by atoms with van der Waals surface area (Å²) in [7, 11) is 2.26. The molecule has 2 rings (SSSR count). The normalized spacial score (nSPS) is 16.6. The number of aromatic nitrogens is 1. The van der Waals surface area contributed by atoms with Crippen LogP contribution in [0.1, 0.15) is 44.1 Å². The van der Waals surface area contributed by atoms with Gasteiger partial charge in [0.15, 0.2) is 0 Å². The molecule has 0 radical (unpaired) electrons. The van der Waals surface area contributed by atoms with Crippen molar-refractivity contribution >= 4 is 11.5 Å². The van der Waals surface area contributed by atoms with Gasteiger partial charge in [-0.15, -0.1) is 0 Å². The first-order valence-corrected chi connectivity index (χ1v) is 7.83. The highest BCUT2D eigenvalue weighted by Gasteiger charge is 2.17. The molecular weight excluding hydrogens is 248 g/mol. The molecule has 0 saturated heterocycles. The van der Waals surface area contributed by atoms with Gasteiger partial charge >= 0.3 is 0 Å². The van der Waals surface area contributed by atoms with E-state index in [1.165, 1.54) is 32.1 Å². The Bertz CT molecular complexity index is 413. The second-order valence-corrected chi connectivity index (χ2v) is 6.00. The van der Waals surface area contributed by atoms with Crippen molar-refractivity contribution in [2.24, 2.45) is 0 Å². The molecule has 1 aromatic heterocycles. The number of nitrogens with one attached hydrogen (secondary N) is 1. The Balaban J connectivity index is 1.68. The summed E-state index contributed by atoms with van der Waals surface area (Å²) < 4.78 is 0. The zero-order chi connectivity index (χ0) is 14.4. The predicted molar refractivity (Wildman–Crippen MR) is 86.0 cm³/mol. The summed E-state index contributed by atoms with van der Waals surface area (Å²) in [6.07, 6.45) is 9.94. The number of hydrogen-bond acceptors (Lipinski definition) is 4. The van der Waals surface area contributed by atoms with Gasteiger partial charge in [-0.2, -0.15) is 0 Å². The number of hydrogen-bond donors (Lipinski definition) is 2. The van der Waals surface area contributed by atoms with Crippen LogP contribution in [0.25, 0.3) is 0 Å². The quantitative estimate of drug-likeness (QED) is 0.784. The van der Waals surface area contributed by atoms with Crippen molar-refractivity contribution < 1.29 is 0 Å². The van der Waals surface area contributed by atoms with E-state index in [1.807, 2.05) is 19.2 Å². The Morgan fingerprint density at radius 3 is 2.80 bits per heavy atom. The highest BCUT2D eigenvalue weighted by atomic mass is 15.1. The maximum atomic E-state index is 5.94. The molecule has 4 heteroatoms. The van der Waals surface area contributed by atoms with Crippen LogP contribution in [0.5, 0.6) is 0 Å². The Hall–Kier alpha value is -1.29. The molecule has 0 spiro atoms. The Labute approximate surface area is 122 Å². The summed E-state index contributed by atoms with van der Waals surface area (Å²) >= 11 is 0. The average Bonchev–Trinajstić information content (AvgIpc) is 2.46. The molecule has 1 saturated carbocycles. The zero-order valence-corrected chi connectivity index (χ0v) is 12.9. The molecule has 0 atom stereocenters. The molecule has 1 heterocycles. The average molecular weight is 276 g/mol. The van der Waals surface area contributed by atoms with Crippen LogP contribution in [-0.2, 0) is 0 Å². The molecule has 0 unspecified atom stereocenters. The van der Waals surface area contributed by atoms with Gasteiger partial charge in [0.2, 0.25) is 0 Å². The fourth-order valence-electron chi connectivity index (χ4n) is 2.98. The largest absolute Gasteiger partial charge is 0.396 e. The lowest BCUT2D eigenvalue weighted by atomic mass is 9.94. The number of pyridine rings is 1. The topological polar surface area (TPSA) is 54.2 Å². The van der Waals surface area contributed by atoms with Crippen molar-refractivity contribution in [2.75, 3.05) is 31.2 Å². The van der Waals surface area contributed by atoms with Crippen molar-refractivity contribution in [3.8, 4) is 0 Å². The van der Waals surface area contributed by atoms with Crippen molar-refractivity contribution in [3.05, 3.63) is 17.8 Å². The summed E-state index contributed by atoms with van der Waals surface area (Å²) in [6, 6.07) is 2.76. The highest BCUT2D eigenvalue weighted by molar-refractivity contribution is 5.61. The molecule has 3 N–H and O–H groups in total. The van der Waals surface area contributed by atoms with Crippen molar-refractivity contribution in [1.82, 2.24) is 9.88 Å². The third-order valence-corrected chi connectivity index (χ3v) is 4.23. The molecule has 1 fully saturated rings. The van der Waals surface area contributed by atoms with Crippen LogP contribution in [0.15, 0.2) is 12.3 Å². The minimum Gasteiger partial charge on any atom is -0.396 e. The molecular formula is C16H28N4. The maximum Gasteiger partial charge on any atom is 0.149 e. The third-order valence-electron chi connectivity index (χ3n) is 4.23. The van der Waals surface area contributed by atoms with E-state index < -0.39 is 0 Å². The lowest BCUT2D eigenvalue weighted by Gasteiger charge is -2.31. The van der Waals surface area contributed by atoms with Crippen LogP contribution in [0.2, 0.25) is 0 Å². The number of nitrogen functional groups attached to an aromatic ring is 1. The van der Waals surface area contributed by atoms with Gasteiger partial charge < -0.3 is 16.0 Å². The first-order chi connectivity index (χ1) is 9.66. The van der Waals surface area contributed by atoms with Gasteiger partial charge in [-0.25, -0.2) is 4.98 Å². The van der Waals surface area contributed by atoms with Crippen LogP contribution in [-0.4, -0.2) is 36.1 Å². The smallest absolute Gasteiger partial charge is 0.149 e. The van der Waals surface area contributed by atoms with Crippen molar-refractivity contribution in [2.45, 2.75) is 51.5 Å². The van der Waals surface area contributed by atoms with Crippen LogP contribution in [0, 0.1) is 6.92 Å². The van der Waals surface area contributed by atoms with Crippen LogP contribution in [0.3, 0.4) is 0 Å². The molecule has 1 aliphatic carbocycles. The number of nitrogens with two attached hydrogens (primary N) is 1. The lowest BCUT2D eigenvalue weighted by molar-refractivity contribution is 0.191. The van der Waals surface area contributed by atoms with Crippen LogP contribution >= 0.6 is 0 Å². The minimum absolute atomic E-state index is 0.741. The summed E-state index contributed by atoms with van der Waals surface area (Å²) in [5.74, 6) is 0.816. The van der Waals surface area contributed by atoms with Gasteiger partial charge in [-0.1, -0.05) is 19.3 Å². The van der Waals surface area contributed by atoms with Gasteiger partial charge in [-0.3, -0.25) is 0 Å². The van der Waals surface area contributed by atoms with E-state index in [4.69, 9.17) is 5.73 Å². The molecule has 1 aromatic rings. The number of nitrogens with zero attached hydrogens (tertiary/aromatic N) is 2. The second-order valence-electron chi connectivity index (χ2n) is 6.00.